The summed E-state index contributed by atoms with van der Waals surface area (Å²) in [4.78, 5) is 0. The monoisotopic (exact) mass is 286 g/mol. The first-order valence-corrected chi connectivity index (χ1v) is 6.11. The van der Waals surface area contributed by atoms with E-state index in [0.29, 0.717) is 0 Å². The molecule has 0 aliphatic carbocycles. The highest BCUT2D eigenvalue weighted by molar-refractivity contribution is 9.10. The molecule has 0 fully saturated rings. The Morgan fingerprint density at radius 2 is 1.18 bits per heavy atom. The molecule has 0 atom stereocenters. The van der Waals surface area contributed by atoms with Crippen LogP contribution in [0.2, 0.25) is 0 Å². The second-order valence-corrected chi connectivity index (χ2v) is 4.29. The first kappa shape index (κ1) is 13.5. The number of hydrogen-bond donors (Lipinski definition) is 0. The molecule has 0 nitrogen and oxygen atoms in total. The summed E-state index contributed by atoms with van der Waals surface area (Å²) in [6.07, 6.45) is 3.66. The summed E-state index contributed by atoms with van der Waals surface area (Å²) in [7, 11) is 0. The van der Waals surface area contributed by atoms with Crippen LogP contribution >= 0.6 is 15.9 Å². The van der Waals surface area contributed by atoms with E-state index < -0.39 is 0 Å². The van der Waals surface area contributed by atoms with Gasteiger partial charge in [-0.1, -0.05) is 83.7 Å². The van der Waals surface area contributed by atoms with Gasteiger partial charge in [0.1, 0.15) is 0 Å². The van der Waals surface area contributed by atoms with Gasteiger partial charge in [0.15, 0.2) is 0 Å². The fraction of sp³-hybridized carbons (Fsp3) is 0. The maximum absolute atomic E-state index is 3.65. The molecule has 2 aromatic rings. The third kappa shape index (κ3) is 5.32. The minimum Gasteiger partial charge on any atom is -0.0985 e. The van der Waals surface area contributed by atoms with Crippen LogP contribution in [0, 0.1) is 0 Å². The van der Waals surface area contributed by atoms with E-state index in [-0.39, 0.29) is 0 Å². The molecule has 0 aliphatic heterocycles. The second-order valence-electron chi connectivity index (χ2n) is 3.37. The van der Waals surface area contributed by atoms with Crippen molar-refractivity contribution < 1.29 is 0 Å². The summed E-state index contributed by atoms with van der Waals surface area (Å²) >= 11 is 3.34. The highest BCUT2D eigenvalue weighted by Gasteiger charge is 1.83. The lowest BCUT2D eigenvalue weighted by Crippen LogP contribution is -1.67. The van der Waals surface area contributed by atoms with E-state index in [9.17, 15) is 0 Å². The first-order valence-electron chi connectivity index (χ1n) is 5.31. The van der Waals surface area contributed by atoms with Crippen molar-refractivity contribution in [3.63, 3.8) is 0 Å². The SMILES string of the molecule is C=Cc1ccc(Br)cc1.C=Cc1ccccc1. The number of benzene rings is 2. The molecule has 0 amide bonds. The van der Waals surface area contributed by atoms with E-state index in [1.807, 2.05) is 66.7 Å². The van der Waals surface area contributed by atoms with Gasteiger partial charge in [-0.25, -0.2) is 0 Å². The van der Waals surface area contributed by atoms with Crippen molar-refractivity contribution in [2.45, 2.75) is 0 Å². The topological polar surface area (TPSA) is 0 Å². The van der Waals surface area contributed by atoms with Crippen LogP contribution in [0.15, 0.2) is 72.2 Å². The summed E-state index contributed by atoms with van der Waals surface area (Å²) in [5.74, 6) is 0. The Morgan fingerprint density at radius 1 is 0.706 bits per heavy atom. The summed E-state index contributed by atoms with van der Waals surface area (Å²) in [6, 6.07) is 18.0. The molecule has 0 N–H and O–H groups in total. The van der Waals surface area contributed by atoms with Crippen molar-refractivity contribution in [3.05, 3.63) is 83.4 Å². The van der Waals surface area contributed by atoms with Gasteiger partial charge in [-0.15, -0.1) is 0 Å². The van der Waals surface area contributed by atoms with E-state index in [1.54, 1.807) is 0 Å². The largest absolute Gasteiger partial charge is 0.0985 e. The van der Waals surface area contributed by atoms with Crippen LogP contribution in [0.3, 0.4) is 0 Å². The predicted molar refractivity (Wildman–Crippen MR) is 80.8 cm³/mol. The van der Waals surface area contributed by atoms with Crippen LogP contribution in [-0.4, -0.2) is 0 Å². The Balaban J connectivity index is 0.000000171. The lowest BCUT2D eigenvalue weighted by Gasteiger charge is -1.90. The summed E-state index contributed by atoms with van der Waals surface area (Å²) in [5, 5.41) is 0. The molecule has 0 saturated heterocycles. The standard InChI is InChI=1S/C8H7Br.C8H8/c1-2-7-3-5-8(9)6-4-7;1-2-8-6-4-3-5-7-8/h2-6H,1H2;2-7H,1H2. The molecular weight excluding hydrogens is 272 g/mol. The number of halogens is 1. The molecule has 86 valence electrons. The zero-order valence-electron chi connectivity index (χ0n) is 9.64. The number of rotatable bonds is 2. The van der Waals surface area contributed by atoms with Gasteiger partial charge >= 0.3 is 0 Å². The maximum atomic E-state index is 3.65. The highest BCUT2D eigenvalue weighted by atomic mass is 79.9. The van der Waals surface area contributed by atoms with Gasteiger partial charge in [-0.3, -0.25) is 0 Å². The minimum atomic E-state index is 1.10. The molecule has 0 aliphatic rings. The van der Waals surface area contributed by atoms with Crippen molar-refractivity contribution in [1.82, 2.24) is 0 Å². The Bertz CT molecular complexity index is 455. The van der Waals surface area contributed by atoms with Gasteiger partial charge in [-0.2, -0.15) is 0 Å². The third-order valence-corrected chi connectivity index (χ3v) is 2.67. The molecule has 0 radical (unpaired) electrons. The van der Waals surface area contributed by atoms with Crippen LogP contribution in [0.25, 0.3) is 12.2 Å². The average molecular weight is 287 g/mol. The molecular formula is C16H15Br. The molecule has 0 heterocycles. The van der Waals surface area contributed by atoms with Gasteiger partial charge in [0.25, 0.3) is 0 Å². The maximum Gasteiger partial charge on any atom is 0.0175 e. The van der Waals surface area contributed by atoms with Gasteiger partial charge in [-0.05, 0) is 23.3 Å². The van der Waals surface area contributed by atoms with E-state index >= 15 is 0 Å². The summed E-state index contributed by atoms with van der Waals surface area (Å²) in [6.45, 7) is 7.28. The molecule has 0 aromatic heterocycles. The highest BCUT2D eigenvalue weighted by Crippen LogP contribution is 2.10. The summed E-state index contributed by atoms with van der Waals surface area (Å²) in [5.41, 5.74) is 2.32. The Kier molecular flexibility index (Phi) is 6.05. The lowest BCUT2D eigenvalue weighted by atomic mass is 10.2. The molecule has 0 bridgehead atoms. The quantitative estimate of drug-likeness (QED) is 0.691. The average Bonchev–Trinajstić information content (AvgIpc) is 2.41. The summed E-state index contributed by atoms with van der Waals surface area (Å²) < 4.78 is 1.10. The van der Waals surface area contributed by atoms with Crippen molar-refractivity contribution >= 4 is 28.1 Å². The molecule has 2 rings (SSSR count). The van der Waals surface area contributed by atoms with Crippen molar-refractivity contribution in [2.75, 3.05) is 0 Å². The second kappa shape index (κ2) is 7.64. The van der Waals surface area contributed by atoms with Crippen LogP contribution in [-0.2, 0) is 0 Å². The number of hydrogen-bond acceptors (Lipinski definition) is 0. The van der Waals surface area contributed by atoms with Crippen molar-refractivity contribution in [3.8, 4) is 0 Å². The van der Waals surface area contributed by atoms with Crippen LogP contribution < -0.4 is 0 Å². The molecule has 2 aromatic carbocycles. The Hall–Kier alpha value is -1.60. The predicted octanol–water partition coefficient (Wildman–Crippen LogP) is 5.42. The van der Waals surface area contributed by atoms with E-state index in [4.69, 9.17) is 0 Å². The van der Waals surface area contributed by atoms with Gasteiger partial charge < -0.3 is 0 Å². The minimum absolute atomic E-state index is 1.10. The normalized spacial score (nSPS) is 8.76. The third-order valence-electron chi connectivity index (χ3n) is 2.14. The Labute approximate surface area is 111 Å². The zero-order chi connectivity index (χ0) is 12.5. The molecule has 0 unspecified atom stereocenters. The van der Waals surface area contributed by atoms with Crippen LogP contribution in [0.5, 0.6) is 0 Å². The molecule has 0 saturated carbocycles. The van der Waals surface area contributed by atoms with Crippen LogP contribution in [0.4, 0.5) is 0 Å². The molecule has 17 heavy (non-hydrogen) atoms. The van der Waals surface area contributed by atoms with E-state index in [0.717, 1.165) is 10.0 Å². The smallest absolute Gasteiger partial charge is 0.0175 e. The van der Waals surface area contributed by atoms with E-state index in [1.165, 1.54) is 5.56 Å². The van der Waals surface area contributed by atoms with Gasteiger partial charge in [0.2, 0.25) is 0 Å². The van der Waals surface area contributed by atoms with Crippen LogP contribution in [0.1, 0.15) is 11.1 Å². The first-order chi connectivity index (χ1) is 8.26. The fourth-order valence-electron chi connectivity index (χ4n) is 1.19. The van der Waals surface area contributed by atoms with E-state index in [2.05, 4.69) is 29.1 Å². The van der Waals surface area contributed by atoms with Gasteiger partial charge in [0, 0.05) is 4.47 Å². The van der Waals surface area contributed by atoms with Gasteiger partial charge in [0.05, 0.1) is 0 Å². The molecule has 0 spiro atoms. The zero-order valence-corrected chi connectivity index (χ0v) is 11.2. The van der Waals surface area contributed by atoms with Crippen molar-refractivity contribution in [2.24, 2.45) is 0 Å². The van der Waals surface area contributed by atoms with Crippen molar-refractivity contribution in [1.29, 1.82) is 0 Å². The lowest BCUT2D eigenvalue weighted by molar-refractivity contribution is 1.62. The molecule has 1 heteroatoms. The Morgan fingerprint density at radius 3 is 1.59 bits per heavy atom. The fourth-order valence-corrected chi connectivity index (χ4v) is 1.45.